The first-order valence-electron chi connectivity index (χ1n) is 6.96. The molecule has 0 bridgehead atoms. The summed E-state index contributed by atoms with van der Waals surface area (Å²) in [6.07, 6.45) is 0. The largest absolute Gasteiger partial charge is 0.479 e. The van der Waals surface area contributed by atoms with Gasteiger partial charge in [-0.15, -0.1) is 0 Å². The summed E-state index contributed by atoms with van der Waals surface area (Å²) in [4.78, 5) is 0.158. The second kappa shape index (κ2) is 8.67. The molecular weight excluding hydrogens is 290 g/mol. The Balaban J connectivity index is 0.00000191. The molecule has 6 heteroatoms. The van der Waals surface area contributed by atoms with Crippen LogP contribution in [0.15, 0.2) is 22.2 Å². The standard InChI is InChI=1S/C13H19NO4S.C2H6/c1-6-17-12(5)14-18-19(15,16)13-10(3)7-9(2)8-11(13)4;1-2/h7-8H,6H2,1-5H3;1-2H3/b14-12+;. The van der Waals surface area contributed by atoms with Gasteiger partial charge in [0, 0.05) is 6.92 Å². The van der Waals surface area contributed by atoms with Crippen LogP contribution in [0.3, 0.4) is 0 Å². The highest BCUT2D eigenvalue weighted by Crippen LogP contribution is 2.23. The van der Waals surface area contributed by atoms with E-state index in [0.717, 1.165) is 5.56 Å². The van der Waals surface area contributed by atoms with Crippen molar-refractivity contribution in [2.75, 3.05) is 6.61 Å². The molecule has 0 amide bonds. The molecule has 0 aliphatic heterocycles. The van der Waals surface area contributed by atoms with Gasteiger partial charge in [-0.05, 0) is 44.0 Å². The van der Waals surface area contributed by atoms with E-state index in [2.05, 4.69) is 9.44 Å². The lowest BCUT2D eigenvalue weighted by molar-refractivity contribution is 0.277. The van der Waals surface area contributed by atoms with Gasteiger partial charge in [-0.1, -0.05) is 31.5 Å². The second-order valence-electron chi connectivity index (χ2n) is 4.30. The predicted molar refractivity (Wildman–Crippen MR) is 85.0 cm³/mol. The van der Waals surface area contributed by atoms with E-state index in [1.807, 2.05) is 20.8 Å². The minimum absolute atomic E-state index is 0.158. The Labute approximate surface area is 128 Å². The lowest BCUT2D eigenvalue weighted by Gasteiger charge is -2.10. The summed E-state index contributed by atoms with van der Waals surface area (Å²) >= 11 is 0. The minimum Gasteiger partial charge on any atom is -0.479 e. The highest BCUT2D eigenvalue weighted by molar-refractivity contribution is 7.86. The Morgan fingerprint density at radius 3 is 2.05 bits per heavy atom. The molecule has 0 saturated carbocycles. The van der Waals surface area contributed by atoms with Crippen molar-refractivity contribution in [3.05, 3.63) is 28.8 Å². The van der Waals surface area contributed by atoms with Gasteiger partial charge in [0.05, 0.1) is 6.61 Å². The third kappa shape index (κ3) is 5.75. The van der Waals surface area contributed by atoms with E-state index in [-0.39, 0.29) is 10.8 Å². The quantitative estimate of drug-likeness (QED) is 0.482. The van der Waals surface area contributed by atoms with Crippen LogP contribution < -0.4 is 0 Å². The molecule has 1 aromatic carbocycles. The highest BCUT2D eigenvalue weighted by atomic mass is 32.2. The number of oxime groups is 1. The van der Waals surface area contributed by atoms with E-state index in [9.17, 15) is 8.42 Å². The van der Waals surface area contributed by atoms with Gasteiger partial charge in [-0.2, -0.15) is 8.42 Å². The molecule has 0 atom stereocenters. The van der Waals surface area contributed by atoms with Crippen LogP contribution in [0.25, 0.3) is 0 Å². The van der Waals surface area contributed by atoms with E-state index in [4.69, 9.17) is 4.74 Å². The van der Waals surface area contributed by atoms with Gasteiger partial charge in [0.1, 0.15) is 4.90 Å². The van der Waals surface area contributed by atoms with Crippen LogP contribution in [-0.4, -0.2) is 20.9 Å². The van der Waals surface area contributed by atoms with Gasteiger partial charge in [-0.25, -0.2) is 0 Å². The van der Waals surface area contributed by atoms with Crippen LogP contribution in [0.1, 0.15) is 44.4 Å². The molecular formula is C15H25NO4S. The monoisotopic (exact) mass is 315 g/mol. The summed E-state index contributed by atoms with van der Waals surface area (Å²) in [6, 6.07) is 3.59. The van der Waals surface area contributed by atoms with Gasteiger partial charge in [0.2, 0.25) is 5.90 Å². The van der Waals surface area contributed by atoms with Gasteiger partial charge >= 0.3 is 10.1 Å². The maximum atomic E-state index is 12.1. The number of hydrogen-bond donors (Lipinski definition) is 0. The summed E-state index contributed by atoms with van der Waals surface area (Å²) in [7, 11) is -3.92. The van der Waals surface area contributed by atoms with Crippen LogP contribution in [0.4, 0.5) is 0 Å². The number of aryl methyl sites for hydroxylation is 3. The molecule has 0 N–H and O–H groups in total. The molecule has 0 spiro atoms. The van der Waals surface area contributed by atoms with Crippen molar-refractivity contribution in [2.24, 2.45) is 5.16 Å². The molecule has 0 fully saturated rings. The van der Waals surface area contributed by atoms with Crippen LogP contribution in [0.2, 0.25) is 0 Å². The molecule has 21 heavy (non-hydrogen) atoms. The Kier molecular flexibility index (Phi) is 8.02. The first kappa shape index (κ1) is 19.4. The zero-order chi connectivity index (χ0) is 16.6. The number of hydrogen-bond acceptors (Lipinski definition) is 5. The summed E-state index contributed by atoms with van der Waals surface area (Å²) in [5, 5.41) is 3.47. The lowest BCUT2D eigenvalue weighted by atomic mass is 10.1. The van der Waals surface area contributed by atoms with Gasteiger partial charge in [-0.3, -0.25) is 4.28 Å². The normalized spacial score (nSPS) is 11.5. The van der Waals surface area contributed by atoms with Crippen LogP contribution in [-0.2, 0) is 19.1 Å². The number of ether oxygens (including phenoxy) is 1. The zero-order valence-corrected chi connectivity index (χ0v) is 14.7. The molecule has 1 aromatic rings. The summed E-state index contributed by atoms with van der Waals surface area (Å²) < 4.78 is 33.9. The van der Waals surface area contributed by atoms with E-state index >= 15 is 0 Å². The number of benzene rings is 1. The fourth-order valence-corrected chi connectivity index (χ4v) is 3.12. The van der Waals surface area contributed by atoms with Crippen molar-refractivity contribution in [1.29, 1.82) is 0 Å². The molecule has 0 radical (unpaired) electrons. The Hall–Kier alpha value is -1.56. The van der Waals surface area contributed by atoms with Crippen molar-refractivity contribution in [1.82, 2.24) is 0 Å². The average molecular weight is 315 g/mol. The van der Waals surface area contributed by atoms with Crippen molar-refractivity contribution >= 4 is 16.0 Å². The first-order chi connectivity index (χ1) is 9.77. The van der Waals surface area contributed by atoms with Crippen LogP contribution in [0.5, 0.6) is 0 Å². The SMILES string of the molecule is CC.CCO/C(C)=N/OS(=O)(=O)c1c(C)cc(C)cc1C. The summed E-state index contributed by atoms with van der Waals surface area (Å²) in [5.74, 6) is 0.175. The van der Waals surface area contributed by atoms with Crippen molar-refractivity contribution in [3.8, 4) is 0 Å². The minimum atomic E-state index is -3.92. The summed E-state index contributed by atoms with van der Waals surface area (Å²) in [5.41, 5.74) is 2.28. The van der Waals surface area contributed by atoms with Crippen molar-refractivity contribution < 1.29 is 17.4 Å². The van der Waals surface area contributed by atoms with E-state index in [1.54, 1.807) is 32.9 Å². The molecule has 5 nitrogen and oxygen atoms in total. The lowest BCUT2D eigenvalue weighted by Crippen LogP contribution is -2.09. The maximum absolute atomic E-state index is 12.1. The van der Waals surface area contributed by atoms with Gasteiger partial charge in [0.15, 0.2) is 0 Å². The zero-order valence-electron chi connectivity index (χ0n) is 13.9. The molecule has 0 aliphatic carbocycles. The molecule has 0 saturated heterocycles. The van der Waals surface area contributed by atoms with Crippen molar-refractivity contribution in [3.63, 3.8) is 0 Å². The second-order valence-corrected chi connectivity index (χ2v) is 5.77. The fourth-order valence-electron chi connectivity index (χ4n) is 1.94. The van der Waals surface area contributed by atoms with Crippen LogP contribution >= 0.6 is 0 Å². The number of nitrogens with zero attached hydrogens (tertiary/aromatic N) is 1. The highest BCUT2D eigenvalue weighted by Gasteiger charge is 2.22. The van der Waals surface area contributed by atoms with Crippen molar-refractivity contribution in [2.45, 2.75) is 53.4 Å². The van der Waals surface area contributed by atoms with E-state index in [1.165, 1.54) is 6.92 Å². The van der Waals surface area contributed by atoms with E-state index < -0.39 is 10.1 Å². The Bertz CT molecular complexity index is 569. The Morgan fingerprint density at radius 2 is 1.62 bits per heavy atom. The third-order valence-electron chi connectivity index (χ3n) is 2.47. The topological polar surface area (TPSA) is 65.0 Å². The average Bonchev–Trinajstić information content (AvgIpc) is 2.37. The number of rotatable bonds is 4. The van der Waals surface area contributed by atoms with Crippen LogP contribution in [0, 0.1) is 20.8 Å². The molecule has 0 aliphatic rings. The van der Waals surface area contributed by atoms with Gasteiger partial charge < -0.3 is 4.74 Å². The predicted octanol–water partition coefficient (Wildman–Crippen LogP) is 3.71. The molecule has 0 unspecified atom stereocenters. The smallest absolute Gasteiger partial charge is 0.359 e. The molecule has 0 heterocycles. The van der Waals surface area contributed by atoms with E-state index in [0.29, 0.717) is 17.7 Å². The third-order valence-corrected chi connectivity index (χ3v) is 3.89. The van der Waals surface area contributed by atoms with Gasteiger partial charge in [0.25, 0.3) is 0 Å². The first-order valence-corrected chi connectivity index (χ1v) is 8.37. The fraction of sp³-hybridized carbons (Fsp3) is 0.533. The summed E-state index contributed by atoms with van der Waals surface area (Å²) in [6.45, 7) is 13.1. The molecule has 1 rings (SSSR count). The maximum Gasteiger partial charge on any atom is 0.359 e. The Morgan fingerprint density at radius 1 is 1.14 bits per heavy atom. The molecule has 120 valence electrons. The molecule has 0 aromatic heterocycles.